The van der Waals surface area contributed by atoms with Crippen LogP contribution in [0.1, 0.15) is 35.9 Å². The van der Waals surface area contributed by atoms with Crippen molar-refractivity contribution in [2.45, 2.75) is 26.2 Å². The van der Waals surface area contributed by atoms with Crippen LogP contribution in [0.5, 0.6) is 0 Å². The molecule has 6 nitrogen and oxygen atoms in total. The normalized spacial score (nSPS) is 18.4. The maximum Gasteiger partial charge on any atom is 0.273 e. The number of carbonyl (C=O) groups is 2. The molecule has 1 atom stereocenters. The highest BCUT2D eigenvalue weighted by molar-refractivity contribution is 5.91. The Kier molecular flexibility index (Phi) is 4.88. The average molecular weight is 290 g/mol. The van der Waals surface area contributed by atoms with Crippen LogP contribution in [0.4, 0.5) is 0 Å². The number of hydrogen-bond acceptors (Lipinski definition) is 4. The maximum atomic E-state index is 11.7. The van der Waals surface area contributed by atoms with E-state index >= 15 is 0 Å². The third kappa shape index (κ3) is 4.00. The predicted molar refractivity (Wildman–Crippen MR) is 78.7 cm³/mol. The van der Waals surface area contributed by atoms with Crippen LogP contribution in [-0.4, -0.2) is 59.0 Å². The molecule has 0 aliphatic carbocycles. The fourth-order valence-corrected chi connectivity index (χ4v) is 2.63. The Morgan fingerprint density at radius 3 is 2.67 bits per heavy atom. The van der Waals surface area contributed by atoms with Gasteiger partial charge in [0.25, 0.3) is 5.91 Å². The molecule has 1 unspecified atom stereocenters. The van der Waals surface area contributed by atoms with Crippen LogP contribution in [0, 0.1) is 5.92 Å². The minimum Gasteiger partial charge on any atom is -0.343 e. The largest absolute Gasteiger partial charge is 0.343 e. The fourth-order valence-electron chi connectivity index (χ4n) is 2.63. The number of hydrogen-bond donors (Lipinski definition) is 0. The van der Waals surface area contributed by atoms with Crippen molar-refractivity contribution in [1.29, 1.82) is 0 Å². The number of amides is 2. The van der Waals surface area contributed by atoms with Crippen LogP contribution in [0.3, 0.4) is 0 Å². The number of aromatic nitrogens is 2. The summed E-state index contributed by atoms with van der Waals surface area (Å²) in [4.78, 5) is 26.6. The second-order valence-electron chi connectivity index (χ2n) is 5.79. The van der Waals surface area contributed by atoms with Crippen LogP contribution >= 0.6 is 0 Å². The van der Waals surface area contributed by atoms with Gasteiger partial charge in [-0.15, -0.1) is 5.10 Å². The third-order valence-electron chi connectivity index (χ3n) is 3.81. The summed E-state index contributed by atoms with van der Waals surface area (Å²) in [7, 11) is 3.38. The Labute approximate surface area is 125 Å². The summed E-state index contributed by atoms with van der Waals surface area (Å²) in [6, 6.07) is 3.58. The molecule has 0 N–H and O–H groups in total. The van der Waals surface area contributed by atoms with Gasteiger partial charge in [-0.1, -0.05) is 0 Å². The molecule has 0 radical (unpaired) electrons. The van der Waals surface area contributed by atoms with Gasteiger partial charge in [-0.3, -0.25) is 9.59 Å². The second kappa shape index (κ2) is 6.65. The molecule has 2 rings (SSSR count). The molecule has 2 heterocycles. The van der Waals surface area contributed by atoms with Crippen LogP contribution in [-0.2, 0) is 11.2 Å². The average Bonchev–Trinajstić information content (AvgIpc) is 2.47. The first kappa shape index (κ1) is 15.4. The van der Waals surface area contributed by atoms with Crippen molar-refractivity contribution in [2.24, 2.45) is 5.92 Å². The van der Waals surface area contributed by atoms with Gasteiger partial charge in [0.15, 0.2) is 5.69 Å². The Bertz CT molecular complexity index is 513. The minimum atomic E-state index is -0.144. The van der Waals surface area contributed by atoms with E-state index in [2.05, 4.69) is 10.2 Å². The van der Waals surface area contributed by atoms with Crippen LogP contribution in [0.2, 0.25) is 0 Å². The quantitative estimate of drug-likeness (QED) is 0.832. The molecule has 21 heavy (non-hydrogen) atoms. The summed E-state index contributed by atoms with van der Waals surface area (Å²) in [5.41, 5.74) is 1.23. The topological polar surface area (TPSA) is 66.4 Å². The molecular formula is C15H22N4O2. The predicted octanol–water partition coefficient (Wildman–Crippen LogP) is 0.979. The molecular weight excluding hydrogens is 268 g/mol. The highest BCUT2D eigenvalue weighted by Crippen LogP contribution is 2.20. The molecule has 0 bridgehead atoms. The zero-order valence-electron chi connectivity index (χ0n) is 12.9. The van der Waals surface area contributed by atoms with E-state index in [4.69, 9.17) is 0 Å². The van der Waals surface area contributed by atoms with Crippen LogP contribution in [0.15, 0.2) is 12.1 Å². The van der Waals surface area contributed by atoms with Gasteiger partial charge in [-0.2, -0.15) is 5.10 Å². The van der Waals surface area contributed by atoms with E-state index in [1.807, 2.05) is 11.0 Å². The van der Waals surface area contributed by atoms with Crippen molar-refractivity contribution in [3.63, 3.8) is 0 Å². The smallest absolute Gasteiger partial charge is 0.273 e. The Balaban J connectivity index is 1.97. The van der Waals surface area contributed by atoms with Crippen molar-refractivity contribution in [2.75, 3.05) is 27.2 Å². The highest BCUT2D eigenvalue weighted by Gasteiger charge is 2.22. The Morgan fingerprint density at radius 2 is 2.10 bits per heavy atom. The minimum absolute atomic E-state index is 0.137. The zero-order valence-corrected chi connectivity index (χ0v) is 12.9. The molecule has 114 valence electrons. The molecule has 1 aromatic heterocycles. The van der Waals surface area contributed by atoms with Gasteiger partial charge >= 0.3 is 0 Å². The SMILES string of the molecule is CC(=O)N1CCCC(Cc2ccc(C(=O)N(C)C)nn2)C1. The summed E-state index contributed by atoms with van der Waals surface area (Å²) < 4.78 is 0. The maximum absolute atomic E-state index is 11.7. The molecule has 1 aromatic rings. The summed E-state index contributed by atoms with van der Waals surface area (Å²) in [6.45, 7) is 3.26. The van der Waals surface area contributed by atoms with Gasteiger partial charge in [0, 0.05) is 34.1 Å². The number of likely N-dealkylation sites (tertiary alicyclic amines) is 1. The van der Waals surface area contributed by atoms with Gasteiger partial charge in [0.2, 0.25) is 5.91 Å². The molecule has 0 spiro atoms. The van der Waals surface area contributed by atoms with Crippen molar-refractivity contribution in [3.8, 4) is 0 Å². The fraction of sp³-hybridized carbons (Fsp3) is 0.600. The van der Waals surface area contributed by atoms with E-state index < -0.39 is 0 Å². The van der Waals surface area contributed by atoms with E-state index in [1.54, 1.807) is 27.1 Å². The standard InChI is InChI=1S/C15H22N4O2/c1-11(20)19-8-4-5-12(10-19)9-13-6-7-14(17-16-13)15(21)18(2)3/h6-7,12H,4-5,8-10H2,1-3H3. The lowest BCUT2D eigenvalue weighted by atomic mass is 9.93. The zero-order chi connectivity index (χ0) is 15.4. The van der Waals surface area contributed by atoms with Gasteiger partial charge in [0.05, 0.1) is 5.69 Å². The van der Waals surface area contributed by atoms with E-state index in [1.165, 1.54) is 4.90 Å². The number of nitrogens with zero attached hydrogens (tertiary/aromatic N) is 4. The number of piperidine rings is 1. The number of carbonyl (C=O) groups excluding carboxylic acids is 2. The lowest BCUT2D eigenvalue weighted by Gasteiger charge is -2.31. The highest BCUT2D eigenvalue weighted by atomic mass is 16.2. The summed E-state index contributed by atoms with van der Waals surface area (Å²) in [6.07, 6.45) is 2.94. The molecule has 2 amide bonds. The molecule has 0 saturated carbocycles. The first-order valence-corrected chi connectivity index (χ1v) is 7.27. The first-order valence-electron chi connectivity index (χ1n) is 7.27. The second-order valence-corrected chi connectivity index (χ2v) is 5.79. The molecule has 1 saturated heterocycles. The van der Waals surface area contributed by atoms with Crippen LogP contribution < -0.4 is 0 Å². The van der Waals surface area contributed by atoms with E-state index in [9.17, 15) is 9.59 Å². The Hall–Kier alpha value is -1.98. The summed E-state index contributed by atoms with van der Waals surface area (Å²) in [5.74, 6) is 0.416. The van der Waals surface area contributed by atoms with Crippen LogP contribution in [0.25, 0.3) is 0 Å². The molecule has 6 heteroatoms. The van der Waals surface area contributed by atoms with Gasteiger partial charge in [0.1, 0.15) is 0 Å². The monoisotopic (exact) mass is 290 g/mol. The number of rotatable bonds is 3. The molecule has 1 fully saturated rings. The van der Waals surface area contributed by atoms with Gasteiger partial charge in [-0.05, 0) is 37.3 Å². The van der Waals surface area contributed by atoms with Gasteiger partial charge in [-0.25, -0.2) is 0 Å². The third-order valence-corrected chi connectivity index (χ3v) is 3.81. The van der Waals surface area contributed by atoms with Crippen molar-refractivity contribution in [1.82, 2.24) is 20.0 Å². The molecule has 0 aromatic carbocycles. The van der Waals surface area contributed by atoms with Gasteiger partial charge < -0.3 is 9.80 Å². The van der Waals surface area contributed by atoms with E-state index in [-0.39, 0.29) is 11.8 Å². The lowest BCUT2D eigenvalue weighted by molar-refractivity contribution is -0.130. The van der Waals surface area contributed by atoms with Crippen molar-refractivity contribution >= 4 is 11.8 Å². The lowest BCUT2D eigenvalue weighted by Crippen LogP contribution is -2.39. The van der Waals surface area contributed by atoms with Crippen molar-refractivity contribution in [3.05, 3.63) is 23.5 Å². The first-order chi connectivity index (χ1) is 9.97. The van der Waals surface area contributed by atoms with E-state index in [0.717, 1.165) is 38.0 Å². The Morgan fingerprint density at radius 1 is 1.33 bits per heavy atom. The summed E-state index contributed by atoms with van der Waals surface area (Å²) in [5, 5.41) is 8.14. The van der Waals surface area contributed by atoms with Crippen molar-refractivity contribution < 1.29 is 9.59 Å². The van der Waals surface area contributed by atoms with E-state index in [0.29, 0.717) is 11.6 Å². The molecule has 1 aliphatic heterocycles. The summed E-state index contributed by atoms with van der Waals surface area (Å²) >= 11 is 0. The molecule has 1 aliphatic rings.